The number of hydrogen-bond donors (Lipinski definition) is 0. The van der Waals surface area contributed by atoms with Crippen LogP contribution in [-0.2, 0) is 11.2 Å². The van der Waals surface area contributed by atoms with Crippen LogP contribution in [0.25, 0.3) is 0 Å². The molecule has 0 unspecified atom stereocenters. The van der Waals surface area contributed by atoms with Crippen molar-refractivity contribution in [1.82, 2.24) is 0 Å². The van der Waals surface area contributed by atoms with Gasteiger partial charge in [0.25, 0.3) is 0 Å². The minimum Gasteiger partial charge on any atom is -0.298 e. The molecule has 2 nitrogen and oxygen atoms in total. The summed E-state index contributed by atoms with van der Waals surface area (Å²) in [7, 11) is 0. The molecular formula is C10H7Br2NO. The maximum Gasteiger partial charge on any atom is 0.147 e. The Morgan fingerprint density at radius 3 is 2.79 bits per heavy atom. The summed E-state index contributed by atoms with van der Waals surface area (Å²) >= 11 is 6.37. The molecule has 0 saturated heterocycles. The van der Waals surface area contributed by atoms with E-state index < -0.39 is 0 Å². The average molecular weight is 317 g/mol. The molecule has 0 spiro atoms. The van der Waals surface area contributed by atoms with Crippen LogP contribution in [0.5, 0.6) is 0 Å². The summed E-state index contributed by atoms with van der Waals surface area (Å²) in [6.45, 7) is 0. The van der Waals surface area contributed by atoms with E-state index >= 15 is 0 Å². The van der Waals surface area contributed by atoms with Crippen LogP contribution in [0.4, 0.5) is 0 Å². The third-order valence-electron chi connectivity index (χ3n) is 1.73. The van der Waals surface area contributed by atoms with Crippen molar-refractivity contribution in [2.45, 2.75) is 6.42 Å². The zero-order valence-electron chi connectivity index (χ0n) is 7.26. The zero-order chi connectivity index (χ0) is 10.6. The largest absolute Gasteiger partial charge is 0.298 e. The molecule has 0 heterocycles. The molecule has 0 aliphatic carbocycles. The molecule has 0 fully saturated rings. The average Bonchev–Trinajstić information content (AvgIpc) is 2.20. The highest BCUT2D eigenvalue weighted by atomic mass is 79.9. The molecule has 0 radical (unpaired) electrons. The molecule has 14 heavy (non-hydrogen) atoms. The predicted octanol–water partition coefficient (Wildman–Crippen LogP) is 2.83. The van der Waals surface area contributed by atoms with Gasteiger partial charge in [-0.1, -0.05) is 37.9 Å². The topological polar surface area (TPSA) is 40.9 Å². The Balaban J connectivity index is 2.98. The van der Waals surface area contributed by atoms with Crippen LogP contribution >= 0.6 is 31.9 Å². The van der Waals surface area contributed by atoms with Crippen molar-refractivity contribution in [3.8, 4) is 6.07 Å². The van der Waals surface area contributed by atoms with E-state index in [9.17, 15) is 4.79 Å². The van der Waals surface area contributed by atoms with Crippen LogP contribution in [0.3, 0.4) is 0 Å². The third kappa shape index (κ3) is 2.93. The molecule has 1 rings (SSSR count). The van der Waals surface area contributed by atoms with Crippen molar-refractivity contribution in [2.24, 2.45) is 0 Å². The summed E-state index contributed by atoms with van der Waals surface area (Å²) in [5, 5.41) is 9.16. The second-order valence-electron chi connectivity index (χ2n) is 2.76. The molecule has 0 saturated carbocycles. The lowest BCUT2D eigenvalue weighted by Crippen LogP contribution is -2.04. The first-order valence-electron chi connectivity index (χ1n) is 3.93. The fraction of sp³-hybridized carbons (Fsp3) is 0.200. The van der Waals surface area contributed by atoms with Crippen LogP contribution in [-0.4, -0.2) is 11.1 Å². The van der Waals surface area contributed by atoms with Crippen LogP contribution in [0.1, 0.15) is 11.1 Å². The quantitative estimate of drug-likeness (QED) is 0.805. The molecule has 72 valence electrons. The van der Waals surface area contributed by atoms with Crippen molar-refractivity contribution < 1.29 is 4.79 Å². The number of carbonyl (C=O) groups is 1. The Labute approximate surface area is 99.2 Å². The van der Waals surface area contributed by atoms with Gasteiger partial charge in [-0.2, -0.15) is 5.26 Å². The number of halogens is 2. The smallest absolute Gasteiger partial charge is 0.147 e. The van der Waals surface area contributed by atoms with Crippen molar-refractivity contribution in [3.63, 3.8) is 0 Å². The van der Waals surface area contributed by atoms with Gasteiger partial charge in [-0.25, -0.2) is 0 Å². The van der Waals surface area contributed by atoms with Crippen molar-refractivity contribution in [2.75, 3.05) is 5.33 Å². The van der Waals surface area contributed by atoms with Gasteiger partial charge in [0, 0.05) is 10.9 Å². The Kier molecular flexibility index (Phi) is 4.30. The Bertz CT molecular complexity index is 396. The van der Waals surface area contributed by atoms with Gasteiger partial charge in [-0.3, -0.25) is 4.79 Å². The van der Waals surface area contributed by atoms with Crippen molar-refractivity contribution >= 4 is 37.6 Å². The molecule has 1 aromatic rings. The van der Waals surface area contributed by atoms with Gasteiger partial charge in [0.05, 0.1) is 17.0 Å². The number of alkyl halides is 1. The summed E-state index contributed by atoms with van der Waals surface area (Å²) in [5.74, 6) is 0.0730. The third-order valence-corrected chi connectivity index (χ3v) is 2.85. The van der Waals surface area contributed by atoms with Crippen molar-refractivity contribution in [3.05, 3.63) is 33.8 Å². The van der Waals surface area contributed by atoms with E-state index in [1.807, 2.05) is 6.07 Å². The Morgan fingerprint density at radius 1 is 1.50 bits per heavy atom. The fourth-order valence-corrected chi connectivity index (χ4v) is 1.63. The van der Waals surface area contributed by atoms with Crippen LogP contribution < -0.4 is 0 Å². The van der Waals surface area contributed by atoms with Gasteiger partial charge in [0.1, 0.15) is 5.78 Å². The Morgan fingerprint density at radius 2 is 2.21 bits per heavy atom. The van der Waals surface area contributed by atoms with Gasteiger partial charge in [-0.15, -0.1) is 0 Å². The number of nitrogens with zero attached hydrogens (tertiary/aromatic N) is 1. The van der Waals surface area contributed by atoms with E-state index in [4.69, 9.17) is 5.26 Å². The molecule has 0 aromatic heterocycles. The zero-order valence-corrected chi connectivity index (χ0v) is 10.4. The number of carbonyl (C=O) groups excluding carboxylic acids is 1. The number of rotatable bonds is 3. The second-order valence-corrected chi connectivity index (χ2v) is 4.24. The van der Waals surface area contributed by atoms with Gasteiger partial charge < -0.3 is 0 Å². The van der Waals surface area contributed by atoms with E-state index in [0.29, 0.717) is 17.3 Å². The first-order valence-corrected chi connectivity index (χ1v) is 5.85. The molecule has 0 aliphatic heterocycles. The number of Topliss-reactive ketones (excluding diaryl/α,β-unsaturated/α-hetero) is 1. The van der Waals surface area contributed by atoms with E-state index in [0.717, 1.165) is 10.0 Å². The van der Waals surface area contributed by atoms with Crippen LogP contribution in [0, 0.1) is 11.3 Å². The maximum atomic E-state index is 11.2. The first kappa shape index (κ1) is 11.4. The van der Waals surface area contributed by atoms with Gasteiger partial charge >= 0.3 is 0 Å². The second kappa shape index (κ2) is 5.28. The molecule has 0 atom stereocenters. The standard InChI is InChI=1S/C10H7Br2NO/c11-5-10(14)4-7-1-2-9(12)3-8(7)6-13/h1-3H,4-5H2. The summed E-state index contributed by atoms with van der Waals surface area (Å²) in [4.78, 5) is 11.2. The molecule has 0 bridgehead atoms. The fourth-order valence-electron chi connectivity index (χ4n) is 1.07. The molecule has 0 N–H and O–H groups in total. The highest BCUT2D eigenvalue weighted by Gasteiger charge is 2.07. The first-order chi connectivity index (χ1) is 6.67. The number of nitriles is 1. The summed E-state index contributed by atoms with van der Waals surface area (Å²) in [6.07, 6.45) is 0.307. The highest BCUT2D eigenvalue weighted by molar-refractivity contribution is 9.10. The van der Waals surface area contributed by atoms with Crippen LogP contribution in [0.2, 0.25) is 0 Å². The molecular weight excluding hydrogens is 310 g/mol. The van der Waals surface area contributed by atoms with Crippen LogP contribution in [0.15, 0.2) is 22.7 Å². The SMILES string of the molecule is N#Cc1cc(Br)ccc1CC(=O)CBr. The maximum absolute atomic E-state index is 11.2. The molecule has 4 heteroatoms. The highest BCUT2D eigenvalue weighted by Crippen LogP contribution is 2.16. The lowest BCUT2D eigenvalue weighted by atomic mass is 10.0. The monoisotopic (exact) mass is 315 g/mol. The van der Waals surface area contributed by atoms with Gasteiger partial charge in [0.2, 0.25) is 0 Å². The van der Waals surface area contributed by atoms with Gasteiger partial charge in [0.15, 0.2) is 0 Å². The summed E-state index contributed by atoms with van der Waals surface area (Å²) in [5.41, 5.74) is 1.33. The molecule has 0 amide bonds. The molecule has 1 aromatic carbocycles. The predicted molar refractivity (Wildman–Crippen MR) is 61.4 cm³/mol. The number of benzene rings is 1. The van der Waals surface area contributed by atoms with E-state index in [1.54, 1.807) is 12.1 Å². The molecule has 0 aliphatic rings. The number of ketones is 1. The van der Waals surface area contributed by atoms with E-state index in [-0.39, 0.29) is 5.78 Å². The summed E-state index contributed by atoms with van der Waals surface area (Å²) < 4.78 is 0.851. The Hall–Kier alpha value is -0.660. The lowest BCUT2D eigenvalue weighted by Gasteiger charge is -2.01. The van der Waals surface area contributed by atoms with Gasteiger partial charge in [-0.05, 0) is 17.7 Å². The van der Waals surface area contributed by atoms with E-state index in [2.05, 4.69) is 37.9 Å². The summed E-state index contributed by atoms with van der Waals surface area (Å²) in [6, 6.07) is 7.41. The number of hydrogen-bond acceptors (Lipinski definition) is 2. The van der Waals surface area contributed by atoms with Crippen molar-refractivity contribution in [1.29, 1.82) is 5.26 Å². The lowest BCUT2D eigenvalue weighted by molar-refractivity contribution is -0.115. The minimum atomic E-state index is 0.0730. The normalized spacial score (nSPS) is 9.50. The minimum absolute atomic E-state index is 0.0730. The van der Waals surface area contributed by atoms with E-state index in [1.165, 1.54) is 0 Å².